The molecule has 1 aromatic rings. The van der Waals surface area contributed by atoms with Gasteiger partial charge < -0.3 is 4.74 Å². The van der Waals surface area contributed by atoms with E-state index in [-0.39, 0.29) is 24.8 Å². The molecule has 2 atom stereocenters. The quantitative estimate of drug-likeness (QED) is 0.603. The molecular weight excluding hydrogens is 274 g/mol. The summed E-state index contributed by atoms with van der Waals surface area (Å²) in [6, 6.07) is 6.12. The molecule has 0 spiro atoms. The third kappa shape index (κ3) is 2.20. The van der Waals surface area contributed by atoms with Crippen molar-refractivity contribution in [2.24, 2.45) is 0 Å². The number of rotatable bonds is 3. The molecule has 1 fully saturated rings. The molecule has 2 aliphatic heterocycles. The maximum atomic E-state index is 12.3. The first kappa shape index (κ1) is 13.7. The number of esters is 1. The van der Waals surface area contributed by atoms with Crippen LogP contribution < -0.4 is 10.9 Å². The minimum atomic E-state index is -0.570. The molecule has 2 aliphatic rings. The average Bonchev–Trinajstić information content (AvgIpc) is 3.05. The van der Waals surface area contributed by atoms with E-state index in [0.29, 0.717) is 11.1 Å². The third-order valence-corrected chi connectivity index (χ3v) is 3.59. The predicted molar refractivity (Wildman–Crippen MR) is 72.0 cm³/mol. The lowest BCUT2D eigenvalue weighted by atomic mass is 10.1. The van der Waals surface area contributed by atoms with Crippen molar-refractivity contribution in [3.05, 3.63) is 35.4 Å². The fraction of sp³-hybridized carbons (Fsp3) is 0.357. The van der Waals surface area contributed by atoms with Crippen molar-refractivity contribution in [2.45, 2.75) is 25.6 Å². The van der Waals surface area contributed by atoms with E-state index in [1.54, 1.807) is 31.2 Å². The summed E-state index contributed by atoms with van der Waals surface area (Å²) in [6.45, 7) is 2.01. The van der Waals surface area contributed by atoms with Crippen LogP contribution in [-0.2, 0) is 9.53 Å². The first-order valence-corrected chi connectivity index (χ1v) is 6.78. The highest BCUT2D eigenvalue weighted by atomic mass is 16.5. The molecule has 2 N–H and O–H groups in total. The lowest BCUT2D eigenvalue weighted by Crippen LogP contribution is -2.47. The van der Waals surface area contributed by atoms with Crippen LogP contribution in [0.5, 0.6) is 0 Å². The van der Waals surface area contributed by atoms with E-state index in [1.165, 1.54) is 0 Å². The highest BCUT2D eigenvalue weighted by molar-refractivity contribution is 6.21. The van der Waals surface area contributed by atoms with Crippen molar-refractivity contribution in [3.63, 3.8) is 0 Å². The number of carbonyl (C=O) groups is 3. The maximum absolute atomic E-state index is 12.3. The fourth-order valence-corrected chi connectivity index (χ4v) is 2.60. The number of hydrogen-bond acceptors (Lipinski definition) is 6. The average molecular weight is 289 g/mol. The molecule has 0 radical (unpaired) electrons. The smallest absolute Gasteiger partial charge is 0.324 e. The summed E-state index contributed by atoms with van der Waals surface area (Å²) in [6.07, 6.45) is -0.281. The van der Waals surface area contributed by atoms with Crippen LogP contribution in [0.4, 0.5) is 0 Å². The monoisotopic (exact) mass is 289 g/mol. The van der Waals surface area contributed by atoms with Crippen LogP contribution in [0.1, 0.15) is 34.1 Å². The second-order valence-electron chi connectivity index (χ2n) is 4.87. The van der Waals surface area contributed by atoms with Crippen LogP contribution >= 0.6 is 0 Å². The summed E-state index contributed by atoms with van der Waals surface area (Å²) in [5, 5.41) is 0. The van der Waals surface area contributed by atoms with Crippen LogP contribution in [0.2, 0.25) is 0 Å². The van der Waals surface area contributed by atoms with E-state index in [4.69, 9.17) is 4.74 Å². The minimum Gasteiger partial charge on any atom is -0.465 e. The Bertz CT molecular complexity index is 581. The zero-order valence-corrected chi connectivity index (χ0v) is 11.5. The molecule has 1 aromatic carbocycles. The zero-order valence-electron chi connectivity index (χ0n) is 11.5. The third-order valence-electron chi connectivity index (χ3n) is 3.59. The number of hydrazine groups is 1. The van der Waals surface area contributed by atoms with Gasteiger partial charge >= 0.3 is 5.97 Å². The Morgan fingerprint density at radius 3 is 2.43 bits per heavy atom. The molecule has 3 rings (SSSR count). The highest BCUT2D eigenvalue weighted by Gasteiger charge is 2.44. The van der Waals surface area contributed by atoms with Gasteiger partial charge in [0.2, 0.25) is 0 Å². The second-order valence-corrected chi connectivity index (χ2v) is 4.87. The lowest BCUT2D eigenvalue weighted by Gasteiger charge is -2.21. The number of nitrogens with one attached hydrogen (secondary N) is 2. The molecule has 7 heteroatoms. The van der Waals surface area contributed by atoms with Crippen LogP contribution in [0.3, 0.4) is 0 Å². The normalized spacial score (nSPS) is 24.3. The van der Waals surface area contributed by atoms with Gasteiger partial charge in [-0.2, -0.15) is 0 Å². The number of carbonyl (C=O) groups excluding carboxylic acids is 3. The van der Waals surface area contributed by atoms with Crippen LogP contribution in [0, 0.1) is 0 Å². The number of nitrogens with zero attached hydrogens (tertiary/aromatic N) is 1. The molecule has 2 amide bonds. The standard InChI is InChI=1S/C14H15N3O4/c1-2-21-14(20)10-7-11(16-15-10)17-12(18)8-5-3-4-6-9(8)13(17)19/h3-6,10-11,15-16H,2,7H2,1H3. The summed E-state index contributed by atoms with van der Waals surface area (Å²) in [7, 11) is 0. The summed E-state index contributed by atoms with van der Waals surface area (Å²) in [4.78, 5) is 37.5. The van der Waals surface area contributed by atoms with Crippen molar-refractivity contribution in [1.82, 2.24) is 15.8 Å². The summed E-state index contributed by atoms with van der Waals surface area (Å²) >= 11 is 0. The number of benzene rings is 1. The summed E-state index contributed by atoms with van der Waals surface area (Å²) in [5.41, 5.74) is 6.37. The van der Waals surface area contributed by atoms with Crippen molar-refractivity contribution in [3.8, 4) is 0 Å². The topological polar surface area (TPSA) is 87.7 Å². The van der Waals surface area contributed by atoms with E-state index in [0.717, 1.165) is 4.90 Å². The fourth-order valence-electron chi connectivity index (χ4n) is 2.60. The Morgan fingerprint density at radius 1 is 1.24 bits per heavy atom. The number of fused-ring (bicyclic) bond motifs is 1. The summed E-state index contributed by atoms with van der Waals surface area (Å²) in [5.74, 6) is -1.09. The van der Waals surface area contributed by atoms with Crippen LogP contribution in [-0.4, -0.2) is 41.5 Å². The van der Waals surface area contributed by atoms with Crippen molar-refractivity contribution >= 4 is 17.8 Å². The van der Waals surface area contributed by atoms with Gasteiger partial charge in [-0.3, -0.25) is 19.3 Å². The number of amides is 2. The zero-order chi connectivity index (χ0) is 15.0. The lowest BCUT2D eigenvalue weighted by molar-refractivity contribution is -0.145. The number of hydrogen-bond donors (Lipinski definition) is 2. The van der Waals surface area contributed by atoms with Gasteiger partial charge in [0.15, 0.2) is 0 Å². The Morgan fingerprint density at radius 2 is 1.86 bits per heavy atom. The molecule has 7 nitrogen and oxygen atoms in total. The first-order valence-electron chi connectivity index (χ1n) is 6.78. The van der Waals surface area contributed by atoms with Gasteiger partial charge in [-0.1, -0.05) is 12.1 Å². The van der Waals surface area contributed by atoms with Gasteiger partial charge in [-0.05, 0) is 19.1 Å². The second kappa shape index (κ2) is 5.27. The Hall–Kier alpha value is -2.25. The van der Waals surface area contributed by atoms with Gasteiger partial charge in [-0.25, -0.2) is 10.9 Å². The number of imide groups is 1. The largest absolute Gasteiger partial charge is 0.465 e. The Balaban J connectivity index is 1.77. The van der Waals surface area contributed by atoms with E-state index in [1.807, 2.05) is 0 Å². The molecule has 21 heavy (non-hydrogen) atoms. The van der Waals surface area contributed by atoms with E-state index < -0.39 is 18.2 Å². The maximum Gasteiger partial charge on any atom is 0.324 e. The van der Waals surface area contributed by atoms with E-state index in [2.05, 4.69) is 10.9 Å². The van der Waals surface area contributed by atoms with Gasteiger partial charge in [-0.15, -0.1) is 0 Å². The molecule has 1 saturated heterocycles. The summed E-state index contributed by atoms with van der Waals surface area (Å²) < 4.78 is 4.92. The molecule has 0 aromatic heterocycles. The minimum absolute atomic E-state index is 0.282. The van der Waals surface area contributed by atoms with Gasteiger partial charge in [0.25, 0.3) is 11.8 Å². The van der Waals surface area contributed by atoms with Crippen molar-refractivity contribution < 1.29 is 19.1 Å². The Kier molecular flexibility index (Phi) is 3.44. The van der Waals surface area contributed by atoms with Gasteiger partial charge in [0, 0.05) is 6.42 Å². The van der Waals surface area contributed by atoms with Crippen molar-refractivity contribution in [1.29, 1.82) is 0 Å². The van der Waals surface area contributed by atoms with Crippen LogP contribution in [0.15, 0.2) is 24.3 Å². The first-order chi connectivity index (χ1) is 10.1. The molecular formula is C14H15N3O4. The highest BCUT2D eigenvalue weighted by Crippen LogP contribution is 2.26. The van der Waals surface area contributed by atoms with Gasteiger partial charge in [0.1, 0.15) is 12.2 Å². The SMILES string of the molecule is CCOC(=O)C1CC(N2C(=O)c3ccccc3C2=O)NN1. The molecule has 0 aliphatic carbocycles. The number of ether oxygens (including phenoxy) is 1. The molecule has 0 bridgehead atoms. The van der Waals surface area contributed by atoms with E-state index >= 15 is 0 Å². The van der Waals surface area contributed by atoms with E-state index in [9.17, 15) is 14.4 Å². The predicted octanol–water partition coefficient (Wildman–Crippen LogP) is 0.0383. The van der Waals surface area contributed by atoms with Crippen LogP contribution in [0.25, 0.3) is 0 Å². The van der Waals surface area contributed by atoms with Gasteiger partial charge in [0.05, 0.1) is 17.7 Å². The molecule has 2 heterocycles. The molecule has 110 valence electrons. The molecule has 2 unspecified atom stereocenters. The van der Waals surface area contributed by atoms with Crippen molar-refractivity contribution in [2.75, 3.05) is 6.61 Å². The Labute approximate surface area is 121 Å². The molecule has 0 saturated carbocycles.